The standard InChI is InChI=1S/C11H14N6OS/c1-18-4-6-7(12)2-3-15-9(6)8-5-19-11(16-8)17-10(13)14/h2-3,5H,4H2,1H3,(H2,12,15)(H4,13,14,16,17). The molecule has 0 atom stereocenters. The van der Waals surface area contributed by atoms with Crippen molar-refractivity contribution >= 4 is 28.1 Å². The molecule has 6 N–H and O–H groups in total. The first-order valence-electron chi connectivity index (χ1n) is 5.39. The first kappa shape index (κ1) is 13.2. The van der Waals surface area contributed by atoms with Crippen molar-refractivity contribution in [2.45, 2.75) is 6.61 Å². The van der Waals surface area contributed by atoms with Crippen LogP contribution in [0.2, 0.25) is 0 Å². The second-order valence-corrected chi connectivity index (χ2v) is 4.55. The molecule has 0 radical (unpaired) electrons. The summed E-state index contributed by atoms with van der Waals surface area (Å²) in [6.45, 7) is 0.365. The van der Waals surface area contributed by atoms with E-state index in [0.29, 0.717) is 28.8 Å². The van der Waals surface area contributed by atoms with Gasteiger partial charge in [-0.1, -0.05) is 0 Å². The molecule has 0 aromatic carbocycles. The third-order valence-corrected chi connectivity index (χ3v) is 3.07. The summed E-state index contributed by atoms with van der Waals surface area (Å²) in [5, 5.41) is 2.30. The van der Waals surface area contributed by atoms with E-state index in [-0.39, 0.29) is 5.96 Å². The Bertz CT molecular complexity index is 605. The van der Waals surface area contributed by atoms with Gasteiger partial charge in [0, 0.05) is 29.9 Å². The molecule has 19 heavy (non-hydrogen) atoms. The predicted molar refractivity (Wildman–Crippen MR) is 75.9 cm³/mol. The van der Waals surface area contributed by atoms with Crippen LogP contribution >= 0.6 is 11.3 Å². The van der Waals surface area contributed by atoms with E-state index in [1.165, 1.54) is 11.3 Å². The second kappa shape index (κ2) is 5.63. The van der Waals surface area contributed by atoms with Crippen LogP contribution in [0.5, 0.6) is 0 Å². The number of pyridine rings is 1. The van der Waals surface area contributed by atoms with E-state index in [0.717, 1.165) is 5.56 Å². The summed E-state index contributed by atoms with van der Waals surface area (Å²) < 4.78 is 5.13. The molecule has 0 aliphatic rings. The molecule has 0 unspecified atom stereocenters. The molecule has 100 valence electrons. The van der Waals surface area contributed by atoms with Crippen molar-refractivity contribution < 1.29 is 4.74 Å². The van der Waals surface area contributed by atoms with Gasteiger partial charge in [-0.3, -0.25) is 4.98 Å². The number of methoxy groups -OCH3 is 1. The molecule has 0 fully saturated rings. The molecule has 0 amide bonds. The van der Waals surface area contributed by atoms with Gasteiger partial charge in [0.2, 0.25) is 5.13 Å². The van der Waals surface area contributed by atoms with E-state index >= 15 is 0 Å². The Kier molecular flexibility index (Phi) is 3.93. The van der Waals surface area contributed by atoms with Gasteiger partial charge in [0.25, 0.3) is 0 Å². The number of rotatable bonds is 4. The zero-order valence-corrected chi connectivity index (χ0v) is 11.1. The maximum absolute atomic E-state index is 5.92. The van der Waals surface area contributed by atoms with Gasteiger partial charge in [-0.25, -0.2) is 4.98 Å². The van der Waals surface area contributed by atoms with Gasteiger partial charge >= 0.3 is 0 Å². The maximum Gasteiger partial charge on any atom is 0.212 e. The van der Waals surface area contributed by atoms with Crippen LogP contribution in [0.15, 0.2) is 22.6 Å². The lowest BCUT2D eigenvalue weighted by Gasteiger charge is -2.08. The number of anilines is 1. The quantitative estimate of drug-likeness (QED) is 0.562. The van der Waals surface area contributed by atoms with Crippen LogP contribution in [0.25, 0.3) is 11.4 Å². The SMILES string of the molecule is COCc1c(N)ccnc1-c1csc(N=C(N)N)n1. The lowest BCUT2D eigenvalue weighted by Crippen LogP contribution is -2.21. The molecular formula is C11H14N6OS. The number of nitrogens with zero attached hydrogens (tertiary/aromatic N) is 3. The fraction of sp³-hybridized carbons (Fsp3) is 0.182. The summed E-state index contributed by atoms with van der Waals surface area (Å²) in [4.78, 5) is 12.5. The van der Waals surface area contributed by atoms with Crippen molar-refractivity contribution in [3.8, 4) is 11.4 Å². The number of nitrogen functional groups attached to an aromatic ring is 1. The van der Waals surface area contributed by atoms with Gasteiger partial charge in [0.05, 0.1) is 12.3 Å². The molecule has 0 aliphatic heterocycles. The summed E-state index contributed by atoms with van der Waals surface area (Å²) in [6, 6.07) is 1.72. The number of nitrogens with two attached hydrogens (primary N) is 3. The van der Waals surface area contributed by atoms with Crippen molar-refractivity contribution in [2.75, 3.05) is 12.8 Å². The Morgan fingerprint density at radius 1 is 1.47 bits per heavy atom. The lowest BCUT2D eigenvalue weighted by atomic mass is 10.1. The second-order valence-electron chi connectivity index (χ2n) is 3.71. The van der Waals surface area contributed by atoms with E-state index in [1.807, 2.05) is 5.38 Å². The molecule has 2 aromatic rings. The average Bonchev–Trinajstić information content (AvgIpc) is 2.79. The van der Waals surface area contributed by atoms with Gasteiger partial charge in [-0.15, -0.1) is 11.3 Å². The van der Waals surface area contributed by atoms with E-state index < -0.39 is 0 Å². The molecule has 0 aliphatic carbocycles. The first-order valence-corrected chi connectivity index (χ1v) is 6.27. The molecular weight excluding hydrogens is 264 g/mol. The summed E-state index contributed by atoms with van der Waals surface area (Å²) in [5.41, 5.74) is 19.3. The van der Waals surface area contributed by atoms with Crippen LogP contribution in [0.1, 0.15) is 5.56 Å². The Morgan fingerprint density at radius 2 is 2.26 bits per heavy atom. The van der Waals surface area contributed by atoms with E-state index in [2.05, 4.69) is 15.0 Å². The minimum absolute atomic E-state index is 0.0291. The topological polar surface area (TPSA) is 125 Å². The summed E-state index contributed by atoms with van der Waals surface area (Å²) in [5.74, 6) is -0.0291. The Hall–Kier alpha value is -2.19. The van der Waals surface area contributed by atoms with Gasteiger partial charge in [-0.05, 0) is 6.07 Å². The lowest BCUT2D eigenvalue weighted by molar-refractivity contribution is 0.185. The van der Waals surface area contributed by atoms with Crippen LogP contribution in [0.3, 0.4) is 0 Å². The molecule has 2 rings (SSSR count). The number of hydrogen-bond acceptors (Lipinski definition) is 6. The molecule has 2 heterocycles. The minimum Gasteiger partial charge on any atom is -0.398 e. The van der Waals surface area contributed by atoms with Crippen molar-refractivity contribution in [1.29, 1.82) is 0 Å². The highest BCUT2D eigenvalue weighted by molar-refractivity contribution is 7.13. The first-order chi connectivity index (χ1) is 9.11. The summed E-state index contributed by atoms with van der Waals surface area (Å²) >= 11 is 1.33. The maximum atomic E-state index is 5.92. The molecule has 8 heteroatoms. The van der Waals surface area contributed by atoms with E-state index in [4.69, 9.17) is 21.9 Å². The number of aromatic nitrogens is 2. The fourth-order valence-electron chi connectivity index (χ4n) is 1.56. The van der Waals surface area contributed by atoms with Crippen molar-refractivity contribution in [2.24, 2.45) is 16.5 Å². The van der Waals surface area contributed by atoms with Gasteiger partial charge in [-0.2, -0.15) is 4.99 Å². The van der Waals surface area contributed by atoms with E-state index in [1.54, 1.807) is 19.4 Å². The number of hydrogen-bond donors (Lipinski definition) is 3. The smallest absolute Gasteiger partial charge is 0.212 e. The third-order valence-electron chi connectivity index (χ3n) is 2.34. The van der Waals surface area contributed by atoms with Gasteiger partial charge in [0.1, 0.15) is 5.69 Å². The minimum atomic E-state index is -0.0291. The summed E-state index contributed by atoms with van der Waals surface area (Å²) in [6.07, 6.45) is 1.63. The Balaban J connectivity index is 2.44. The van der Waals surface area contributed by atoms with E-state index in [9.17, 15) is 0 Å². The zero-order valence-electron chi connectivity index (χ0n) is 10.3. The van der Waals surface area contributed by atoms with Gasteiger partial charge < -0.3 is 21.9 Å². The van der Waals surface area contributed by atoms with Crippen LogP contribution in [0, 0.1) is 0 Å². The molecule has 0 saturated carbocycles. The van der Waals surface area contributed by atoms with Crippen LogP contribution < -0.4 is 17.2 Å². The molecule has 0 spiro atoms. The largest absolute Gasteiger partial charge is 0.398 e. The average molecular weight is 278 g/mol. The molecule has 0 bridgehead atoms. The van der Waals surface area contributed by atoms with Crippen LogP contribution in [-0.2, 0) is 11.3 Å². The monoisotopic (exact) mass is 278 g/mol. The highest BCUT2D eigenvalue weighted by Crippen LogP contribution is 2.30. The summed E-state index contributed by atoms with van der Waals surface area (Å²) in [7, 11) is 1.60. The zero-order chi connectivity index (χ0) is 13.8. The number of aliphatic imine (C=N–C) groups is 1. The van der Waals surface area contributed by atoms with Gasteiger partial charge in [0.15, 0.2) is 5.96 Å². The van der Waals surface area contributed by atoms with Crippen LogP contribution in [-0.4, -0.2) is 23.0 Å². The predicted octanol–water partition coefficient (Wildman–Crippen LogP) is 0.839. The van der Waals surface area contributed by atoms with Crippen molar-refractivity contribution in [1.82, 2.24) is 9.97 Å². The normalized spacial score (nSPS) is 10.4. The molecule has 7 nitrogen and oxygen atoms in total. The fourth-order valence-corrected chi connectivity index (χ4v) is 2.25. The molecule has 2 aromatic heterocycles. The highest BCUT2D eigenvalue weighted by Gasteiger charge is 2.13. The third kappa shape index (κ3) is 2.98. The van der Waals surface area contributed by atoms with Crippen molar-refractivity contribution in [3.63, 3.8) is 0 Å². The highest BCUT2D eigenvalue weighted by atomic mass is 32.1. The van der Waals surface area contributed by atoms with Crippen LogP contribution in [0.4, 0.5) is 10.8 Å². The number of ether oxygens (including phenoxy) is 1. The Morgan fingerprint density at radius 3 is 2.95 bits per heavy atom. The Labute approximate surface area is 114 Å². The number of thiazole rings is 1. The van der Waals surface area contributed by atoms with Crippen molar-refractivity contribution in [3.05, 3.63) is 23.2 Å². The molecule has 0 saturated heterocycles. The number of guanidine groups is 1.